The zero-order chi connectivity index (χ0) is 22.9. The number of ether oxygens (including phenoxy) is 2. The third-order valence-electron chi connectivity index (χ3n) is 5.96. The first-order chi connectivity index (χ1) is 15.3. The van der Waals surface area contributed by atoms with Crippen LogP contribution in [0.25, 0.3) is 11.1 Å². The van der Waals surface area contributed by atoms with E-state index in [1.807, 2.05) is 26.8 Å². The predicted molar refractivity (Wildman–Crippen MR) is 119 cm³/mol. The quantitative estimate of drug-likeness (QED) is 0.766. The summed E-state index contributed by atoms with van der Waals surface area (Å²) in [4.78, 5) is 12.5. The van der Waals surface area contributed by atoms with Crippen LogP contribution in [0.3, 0.4) is 0 Å². The average Bonchev–Trinajstić information content (AvgIpc) is 3.04. The second kappa shape index (κ2) is 8.89. The number of hydrogen-bond donors (Lipinski definition) is 2. The largest absolute Gasteiger partial charge is 0.482 e. The van der Waals surface area contributed by atoms with Crippen LogP contribution in [-0.4, -0.2) is 37.7 Å². The lowest BCUT2D eigenvalue weighted by Crippen LogP contribution is -2.45. The predicted octanol–water partition coefficient (Wildman–Crippen LogP) is 3.42. The van der Waals surface area contributed by atoms with Crippen LogP contribution in [-0.2, 0) is 21.6 Å². The van der Waals surface area contributed by atoms with E-state index in [0.717, 1.165) is 24.1 Å². The summed E-state index contributed by atoms with van der Waals surface area (Å²) >= 11 is 0. The number of nitrogens with one attached hydrogen (secondary N) is 2. The zero-order valence-electron chi connectivity index (χ0n) is 18.6. The lowest BCUT2D eigenvalue weighted by molar-refractivity contribution is -0.132. The molecule has 6 nitrogen and oxygen atoms in total. The molecule has 0 unspecified atom stereocenters. The van der Waals surface area contributed by atoms with Gasteiger partial charge in [0.05, 0.1) is 11.6 Å². The Morgan fingerprint density at radius 2 is 2.16 bits per heavy atom. The molecule has 2 aromatic carbocycles. The summed E-state index contributed by atoms with van der Waals surface area (Å²) in [5.41, 5.74) is 2.74. The fourth-order valence-electron chi connectivity index (χ4n) is 4.32. The minimum absolute atomic E-state index is 0.190. The molecule has 2 N–H and O–H groups in total. The Morgan fingerprint density at radius 3 is 2.94 bits per heavy atom. The van der Waals surface area contributed by atoms with E-state index in [-0.39, 0.29) is 17.8 Å². The Balaban J connectivity index is 1.55. The fourth-order valence-corrected chi connectivity index (χ4v) is 4.32. The van der Waals surface area contributed by atoms with Gasteiger partial charge in [0, 0.05) is 30.3 Å². The van der Waals surface area contributed by atoms with E-state index in [4.69, 9.17) is 9.47 Å². The molecular formula is C25H28FN3O3. The average molecular weight is 438 g/mol. The molecule has 2 atom stereocenters. The number of rotatable bonds is 4. The van der Waals surface area contributed by atoms with Crippen molar-refractivity contribution >= 4 is 5.91 Å². The number of hydrogen-bond acceptors (Lipinski definition) is 5. The molecule has 32 heavy (non-hydrogen) atoms. The molecule has 4 rings (SSSR count). The Bertz CT molecular complexity index is 1070. The molecule has 0 aromatic heterocycles. The van der Waals surface area contributed by atoms with E-state index in [1.165, 1.54) is 6.07 Å². The molecule has 1 fully saturated rings. The van der Waals surface area contributed by atoms with E-state index in [0.29, 0.717) is 42.0 Å². The molecule has 1 saturated heterocycles. The summed E-state index contributed by atoms with van der Waals surface area (Å²) in [5.74, 6) is 0.0548. The van der Waals surface area contributed by atoms with Crippen molar-refractivity contribution in [3.63, 3.8) is 0 Å². The van der Waals surface area contributed by atoms with Crippen LogP contribution in [0.15, 0.2) is 30.3 Å². The molecule has 7 heteroatoms. The number of nitrogens with zero attached hydrogens (tertiary/aromatic N) is 1. The first kappa shape index (κ1) is 22.3. The molecule has 2 aromatic rings. The van der Waals surface area contributed by atoms with Crippen LogP contribution in [0.1, 0.15) is 43.9 Å². The number of benzene rings is 2. The molecule has 2 aliphatic heterocycles. The smallest absolute Gasteiger partial charge is 0.250 e. The molecule has 0 spiro atoms. The van der Waals surface area contributed by atoms with Crippen molar-refractivity contribution in [1.82, 2.24) is 10.6 Å². The normalized spacial score (nSPS) is 20.0. The van der Waals surface area contributed by atoms with Crippen LogP contribution in [0, 0.1) is 17.1 Å². The summed E-state index contributed by atoms with van der Waals surface area (Å²) in [7, 11) is 0. The first-order valence-corrected chi connectivity index (χ1v) is 11.0. The molecule has 168 valence electrons. The topological polar surface area (TPSA) is 83.4 Å². The van der Waals surface area contributed by atoms with Gasteiger partial charge in [0.25, 0.3) is 5.91 Å². The second-order valence-corrected chi connectivity index (χ2v) is 8.96. The van der Waals surface area contributed by atoms with Crippen LogP contribution in [0.5, 0.6) is 5.75 Å². The molecule has 0 aliphatic carbocycles. The van der Waals surface area contributed by atoms with Gasteiger partial charge in [-0.1, -0.05) is 6.07 Å². The maximum absolute atomic E-state index is 15.1. The maximum atomic E-state index is 15.1. The summed E-state index contributed by atoms with van der Waals surface area (Å²) in [6, 6.07) is 10.5. The van der Waals surface area contributed by atoms with Crippen LogP contribution in [0.4, 0.5) is 4.39 Å². The third-order valence-corrected chi connectivity index (χ3v) is 5.96. The number of carbonyl (C=O) groups excluding carboxylic acids is 1. The van der Waals surface area contributed by atoms with Crippen molar-refractivity contribution in [2.24, 2.45) is 0 Å². The summed E-state index contributed by atoms with van der Waals surface area (Å²) in [6.07, 6.45) is 0.665. The Kier molecular flexibility index (Phi) is 6.18. The van der Waals surface area contributed by atoms with E-state index >= 15 is 4.39 Å². The van der Waals surface area contributed by atoms with Crippen molar-refractivity contribution in [2.75, 3.05) is 19.7 Å². The van der Waals surface area contributed by atoms with E-state index < -0.39 is 11.7 Å². The maximum Gasteiger partial charge on any atom is 0.250 e. The van der Waals surface area contributed by atoms with Crippen molar-refractivity contribution in [3.05, 3.63) is 52.8 Å². The molecule has 0 saturated carbocycles. The van der Waals surface area contributed by atoms with E-state index in [9.17, 15) is 10.1 Å². The molecule has 0 radical (unpaired) electrons. The number of nitriles is 1. The lowest BCUT2D eigenvalue weighted by Gasteiger charge is -2.35. The lowest BCUT2D eigenvalue weighted by atomic mass is 9.84. The first-order valence-electron chi connectivity index (χ1n) is 11.0. The molecule has 1 amide bonds. The number of amides is 1. The van der Waals surface area contributed by atoms with Crippen molar-refractivity contribution in [2.45, 2.75) is 51.4 Å². The number of carbonyl (C=O) groups is 1. The summed E-state index contributed by atoms with van der Waals surface area (Å²) in [6.45, 7) is 7.57. The number of fused-ring (bicyclic) bond motifs is 3. The summed E-state index contributed by atoms with van der Waals surface area (Å²) in [5, 5.41) is 15.4. The van der Waals surface area contributed by atoms with Gasteiger partial charge in [-0.2, -0.15) is 5.26 Å². The Hall–Kier alpha value is -2.95. The van der Waals surface area contributed by atoms with Gasteiger partial charge in [-0.05, 0) is 75.5 Å². The van der Waals surface area contributed by atoms with Crippen LogP contribution < -0.4 is 15.4 Å². The molecule has 2 aliphatic rings. The molecule has 0 bridgehead atoms. The third kappa shape index (κ3) is 4.47. The monoisotopic (exact) mass is 437 g/mol. The Morgan fingerprint density at radius 1 is 1.34 bits per heavy atom. The zero-order valence-corrected chi connectivity index (χ0v) is 18.6. The highest BCUT2D eigenvalue weighted by Gasteiger charge is 2.34. The Labute approximate surface area is 187 Å². The minimum atomic E-state index is -0.659. The van der Waals surface area contributed by atoms with Gasteiger partial charge in [-0.25, -0.2) is 4.39 Å². The van der Waals surface area contributed by atoms with E-state index in [1.54, 1.807) is 18.2 Å². The summed E-state index contributed by atoms with van der Waals surface area (Å²) < 4.78 is 26.9. The van der Waals surface area contributed by atoms with Crippen LogP contribution >= 0.6 is 0 Å². The van der Waals surface area contributed by atoms with Crippen LogP contribution in [0.2, 0.25) is 0 Å². The highest BCUT2D eigenvalue weighted by atomic mass is 19.1. The van der Waals surface area contributed by atoms with E-state index in [2.05, 4.69) is 16.7 Å². The number of halogens is 1. The highest BCUT2D eigenvalue weighted by molar-refractivity contribution is 5.81. The molecular weight excluding hydrogens is 409 g/mol. The van der Waals surface area contributed by atoms with Crippen molar-refractivity contribution < 1.29 is 18.7 Å². The van der Waals surface area contributed by atoms with Crippen molar-refractivity contribution in [3.8, 4) is 22.9 Å². The standard InChI is InChI=1S/C25H28FN3O3/c1-15(29-24(30)23-14-28-7-4-8-31-23)9-17-11-22-19(12-21(17)26)18-6-5-16(13-27)10-20(18)25(2,3)32-22/h5-6,10-12,15,23,28H,4,7-9,14H2,1-3H3,(H,29,30)/t15-,23+/m1/s1. The van der Waals surface area contributed by atoms with Gasteiger partial charge in [-0.3, -0.25) is 4.79 Å². The van der Waals surface area contributed by atoms with Gasteiger partial charge in [-0.15, -0.1) is 0 Å². The van der Waals surface area contributed by atoms with Gasteiger partial charge >= 0.3 is 0 Å². The van der Waals surface area contributed by atoms with Gasteiger partial charge in [0.2, 0.25) is 0 Å². The minimum Gasteiger partial charge on any atom is -0.482 e. The fraction of sp³-hybridized carbons (Fsp3) is 0.440. The van der Waals surface area contributed by atoms with Gasteiger partial charge < -0.3 is 20.1 Å². The SMILES string of the molecule is C[C@H](Cc1cc2c(cc1F)-c1ccc(C#N)cc1C(C)(C)O2)NC(=O)[C@@H]1CNCCCO1. The van der Waals surface area contributed by atoms with Crippen molar-refractivity contribution in [1.29, 1.82) is 5.26 Å². The second-order valence-electron chi connectivity index (χ2n) is 8.96. The van der Waals surface area contributed by atoms with Gasteiger partial charge in [0.1, 0.15) is 23.3 Å². The highest BCUT2D eigenvalue weighted by Crippen LogP contribution is 2.46. The molecule has 2 heterocycles. The van der Waals surface area contributed by atoms with Gasteiger partial charge in [0.15, 0.2) is 0 Å².